The average Bonchev–Trinajstić information content (AvgIpc) is 3.03. The quantitative estimate of drug-likeness (QED) is 0.774. The van der Waals surface area contributed by atoms with E-state index in [4.69, 9.17) is 4.98 Å². The van der Waals surface area contributed by atoms with Crippen molar-refractivity contribution in [2.45, 2.75) is 12.3 Å². The van der Waals surface area contributed by atoms with Crippen LogP contribution in [0.15, 0.2) is 42.6 Å². The highest BCUT2D eigenvalue weighted by Gasteiger charge is 2.23. The summed E-state index contributed by atoms with van der Waals surface area (Å²) in [6.45, 7) is 0.982. The minimum Gasteiger partial charge on any atom is -0.384 e. The Hall–Kier alpha value is -2.36. The van der Waals surface area contributed by atoms with E-state index in [1.54, 1.807) is 0 Å². The molecule has 0 amide bonds. The molecule has 0 spiro atoms. The molecule has 3 heterocycles. The predicted octanol–water partition coefficient (Wildman–Crippen LogP) is 2.72. The van der Waals surface area contributed by atoms with Gasteiger partial charge < -0.3 is 9.88 Å². The molecule has 1 atom stereocenters. The van der Waals surface area contributed by atoms with Crippen LogP contribution in [0.25, 0.3) is 11.2 Å². The van der Waals surface area contributed by atoms with Crippen LogP contribution in [-0.4, -0.2) is 21.1 Å². The third-order valence-electron chi connectivity index (χ3n) is 4.09. The fourth-order valence-corrected chi connectivity index (χ4v) is 3.01. The molecule has 100 valence electrons. The molecule has 1 aliphatic heterocycles. The maximum absolute atomic E-state index is 4.72. The van der Waals surface area contributed by atoms with Crippen molar-refractivity contribution >= 4 is 16.9 Å². The van der Waals surface area contributed by atoms with Gasteiger partial charge in [0, 0.05) is 37.8 Å². The standard InChI is InChI=1S/C16H16N4/c1-20-15(19-14-7-4-8-17-16(14)20)9-11-10-18-13-6-3-2-5-12(11)13/h2-8,11,18H,9-10H2,1H3. The van der Waals surface area contributed by atoms with Gasteiger partial charge in [-0.3, -0.25) is 0 Å². The van der Waals surface area contributed by atoms with Crippen LogP contribution < -0.4 is 5.32 Å². The van der Waals surface area contributed by atoms with Gasteiger partial charge in [0.15, 0.2) is 5.65 Å². The first-order chi connectivity index (χ1) is 9.83. The molecule has 0 saturated carbocycles. The lowest BCUT2D eigenvalue weighted by molar-refractivity contribution is 0.684. The molecule has 1 N–H and O–H groups in total. The third-order valence-corrected chi connectivity index (χ3v) is 4.09. The minimum absolute atomic E-state index is 0.488. The number of anilines is 1. The van der Waals surface area contributed by atoms with Gasteiger partial charge in [0.25, 0.3) is 0 Å². The topological polar surface area (TPSA) is 42.7 Å². The van der Waals surface area contributed by atoms with Gasteiger partial charge in [-0.25, -0.2) is 9.97 Å². The van der Waals surface area contributed by atoms with Crippen molar-refractivity contribution in [3.8, 4) is 0 Å². The SMILES string of the molecule is Cn1c(CC2CNc3ccccc32)nc2cccnc21. The number of fused-ring (bicyclic) bond motifs is 2. The fourth-order valence-electron chi connectivity index (χ4n) is 3.01. The number of hydrogen-bond acceptors (Lipinski definition) is 3. The number of imidazole rings is 1. The van der Waals surface area contributed by atoms with E-state index in [1.807, 2.05) is 25.4 Å². The number of aryl methyl sites for hydroxylation is 1. The highest BCUT2D eigenvalue weighted by Crippen LogP contribution is 2.33. The Morgan fingerprint density at radius 3 is 3.05 bits per heavy atom. The van der Waals surface area contributed by atoms with Crippen molar-refractivity contribution in [3.05, 3.63) is 54.0 Å². The number of nitrogens with zero attached hydrogens (tertiary/aromatic N) is 3. The normalized spacial score (nSPS) is 17.1. The van der Waals surface area contributed by atoms with Gasteiger partial charge in [-0.1, -0.05) is 18.2 Å². The van der Waals surface area contributed by atoms with Crippen LogP contribution in [0.5, 0.6) is 0 Å². The first kappa shape index (κ1) is 11.5. The van der Waals surface area contributed by atoms with E-state index in [-0.39, 0.29) is 0 Å². The second kappa shape index (κ2) is 4.34. The van der Waals surface area contributed by atoms with Crippen LogP contribution in [0.4, 0.5) is 5.69 Å². The van der Waals surface area contributed by atoms with Crippen molar-refractivity contribution in [2.24, 2.45) is 7.05 Å². The largest absolute Gasteiger partial charge is 0.384 e. The van der Waals surface area contributed by atoms with Gasteiger partial charge in [0.05, 0.1) is 0 Å². The molecular formula is C16H16N4. The van der Waals surface area contributed by atoms with Crippen LogP contribution in [-0.2, 0) is 13.5 Å². The van der Waals surface area contributed by atoms with Crippen LogP contribution in [0.2, 0.25) is 0 Å². The lowest BCUT2D eigenvalue weighted by atomic mass is 9.98. The summed E-state index contributed by atoms with van der Waals surface area (Å²) in [5.41, 5.74) is 4.59. The van der Waals surface area contributed by atoms with Gasteiger partial charge in [-0.15, -0.1) is 0 Å². The maximum atomic E-state index is 4.72. The lowest BCUT2D eigenvalue weighted by Crippen LogP contribution is -2.09. The Balaban J connectivity index is 1.71. The van der Waals surface area contributed by atoms with E-state index in [2.05, 4.69) is 39.1 Å². The molecule has 0 fully saturated rings. The van der Waals surface area contributed by atoms with Gasteiger partial charge in [0.2, 0.25) is 0 Å². The summed E-state index contributed by atoms with van der Waals surface area (Å²) in [4.78, 5) is 9.13. The van der Waals surface area contributed by atoms with Crippen LogP contribution in [0.3, 0.4) is 0 Å². The maximum Gasteiger partial charge on any atom is 0.159 e. The second-order valence-electron chi connectivity index (χ2n) is 5.30. The molecule has 4 rings (SSSR count). The number of nitrogens with one attached hydrogen (secondary N) is 1. The summed E-state index contributed by atoms with van der Waals surface area (Å²) >= 11 is 0. The van der Waals surface area contributed by atoms with Crippen LogP contribution >= 0.6 is 0 Å². The number of pyridine rings is 1. The molecule has 3 aromatic rings. The van der Waals surface area contributed by atoms with E-state index in [0.29, 0.717) is 5.92 Å². The number of hydrogen-bond donors (Lipinski definition) is 1. The monoisotopic (exact) mass is 264 g/mol. The molecule has 20 heavy (non-hydrogen) atoms. The number of aromatic nitrogens is 3. The van der Waals surface area contributed by atoms with E-state index in [1.165, 1.54) is 11.3 Å². The van der Waals surface area contributed by atoms with Crippen molar-refractivity contribution in [1.82, 2.24) is 14.5 Å². The summed E-state index contributed by atoms with van der Waals surface area (Å²) in [5.74, 6) is 1.59. The zero-order chi connectivity index (χ0) is 13.5. The van der Waals surface area contributed by atoms with Gasteiger partial charge in [-0.05, 0) is 23.8 Å². The Kier molecular flexibility index (Phi) is 2.49. The van der Waals surface area contributed by atoms with Gasteiger partial charge >= 0.3 is 0 Å². The average molecular weight is 264 g/mol. The summed E-state index contributed by atoms with van der Waals surface area (Å²) in [7, 11) is 2.05. The molecule has 1 aromatic carbocycles. The van der Waals surface area contributed by atoms with E-state index in [9.17, 15) is 0 Å². The smallest absolute Gasteiger partial charge is 0.159 e. The molecule has 0 aliphatic carbocycles. The summed E-state index contributed by atoms with van der Waals surface area (Å²) in [6, 6.07) is 12.5. The van der Waals surface area contributed by atoms with Gasteiger partial charge in [-0.2, -0.15) is 0 Å². The van der Waals surface area contributed by atoms with Crippen LogP contribution in [0, 0.1) is 0 Å². The van der Waals surface area contributed by atoms with Crippen molar-refractivity contribution in [3.63, 3.8) is 0 Å². The van der Waals surface area contributed by atoms with Crippen molar-refractivity contribution in [2.75, 3.05) is 11.9 Å². The minimum atomic E-state index is 0.488. The molecule has 4 nitrogen and oxygen atoms in total. The van der Waals surface area contributed by atoms with Crippen molar-refractivity contribution < 1.29 is 0 Å². The van der Waals surface area contributed by atoms with Gasteiger partial charge in [0.1, 0.15) is 11.3 Å². The van der Waals surface area contributed by atoms with E-state index >= 15 is 0 Å². The summed E-state index contributed by atoms with van der Waals surface area (Å²) in [5, 5.41) is 3.47. The predicted molar refractivity (Wildman–Crippen MR) is 79.9 cm³/mol. The number of para-hydroxylation sites is 1. The Labute approximate surface area is 117 Å². The highest BCUT2D eigenvalue weighted by molar-refractivity contribution is 5.71. The first-order valence-electron chi connectivity index (χ1n) is 6.92. The number of rotatable bonds is 2. The molecule has 2 aromatic heterocycles. The molecule has 0 radical (unpaired) electrons. The summed E-state index contributed by atoms with van der Waals surface area (Å²) in [6.07, 6.45) is 2.76. The third kappa shape index (κ3) is 1.68. The molecule has 4 heteroatoms. The lowest BCUT2D eigenvalue weighted by Gasteiger charge is -2.09. The molecule has 0 bridgehead atoms. The molecular weight excluding hydrogens is 248 g/mol. The highest BCUT2D eigenvalue weighted by atomic mass is 15.1. The molecule has 0 saturated heterocycles. The number of benzene rings is 1. The Morgan fingerprint density at radius 1 is 1.25 bits per heavy atom. The van der Waals surface area contributed by atoms with E-state index < -0.39 is 0 Å². The second-order valence-corrected chi connectivity index (χ2v) is 5.30. The Bertz CT molecular complexity index is 775. The zero-order valence-electron chi connectivity index (χ0n) is 11.4. The fraction of sp³-hybridized carbons (Fsp3) is 0.250. The van der Waals surface area contributed by atoms with E-state index in [0.717, 1.165) is 30.0 Å². The molecule has 1 unspecified atom stereocenters. The van der Waals surface area contributed by atoms with Crippen molar-refractivity contribution in [1.29, 1.82) is 0 Å². The summed E-state index contributed by atoms with van der Waals surface area (Å²) < 4.78 is 2.11. The first-order valence-corrected chi connectivity index (χ1v) is 6.92. The molecule has 1 aliphatic rings. The van der Waals surface area contributed by atoms with Crippen LogP contribution in [0.1, 0.15) is 17.3 Å². The zero-order valence-corrected chi connectivity index (χ0v) is 11.4. The Morgan fingerprint density at radius 2 is 2.15 bits per heavy atom.